The third-order valence-electron chi connectivity index (χ3n) is 2.84. The standard InChI is InChI=1S/C14H30N2O/c1-6-15-13(14(17)11(2)3)9-7-8-10-16-12(4)5/h11-13,15-16H,6-10H2,1-5H3. The highest BCUT2D eigenvalue weighted by Crippen LogP contribution is 2.07. The smallest absolute Gasteiger partial charge is 0.152 e. The first kappa shape index (κ1) is 16.6. The average Bonchev–Trinajstić information content (AvgIpc) is 2.25. The van der Waals surface area contributed by atoms with E-state index in [-0.39, 0.29) is 12.0 Å². The fourth-order valence-electron chi connectivity index (χ4n) is 1.86. The summed E-state index contributed by atoms with van der Waals surface area (Å²) in [5.41, 5.74) is 0. The molecule has 3 heteroatoms. The average molecular weight is 242 g/mol. The van der Waals surface area contributed by atoms with Crippen LogP contribution in [-0.2, 0) is 4.79 Å². The highest BCUT2D eigenvalue weighted by atomic mass is 16.1. The first-order valence-electron chi connectivity index (χ1n) is 6.99. The van der Waals surface area contributed by atoms with Crippen molar-refractivity contribution in [1.82, 2.24) is 10.6 Å². The minimum Gasteiger partial charge on any atom is -0.315 e. The Balaban J connectivity index is 3.81. The van der Waals surface area contributed by atoms with Crippen LogP contribution in [0.1, 0.15) is 53.9 Å². The summed E-state index contributed by atoms with van der Waals surface area (Å²) in [5, 5.41) is 6.69. The second kappa shape index (κ2) is 9.60. The molecule has 0 aromatic rings. The van der Waals surface area contributed by atoms with Gasteiger partial charge in [-0.1, -0.05) is 41.0 Å². The Kier molecular flexibility index (Phi) is 9.37. The van der Waals surface area contributed by atoms with Gasteiger partial charge in [-0.2, -0.15) is 0 Å². The third kappa shape index (κ3) is 8.33. The molecule has 3 nitrogen and oxygen atoms in total. The minimum absolute atomic E-state index is 0.0547. The van der Waals surface area contributed by atoms with Crippen LogP contribution in [0.25, 0.3) is 0 Å². The first-order valence-corrected chi connectivity index (χ1v) is 6.99. The lowest BCUT2D eigenvalue weighted by Crippen LogP contribution is -2.39. The quantitative estimate of drug-likeness (QED) is 0.578. The lowest BCUT2D eigenvalue weighted by molar-refractivity contribution is -0.124. The van der Waals surface area contributed by atoms with Gasteiger partial charge in [0.25, 0.3) is 0 Å². The predicted octanol–water partition coefficient (Wildman–Crippen LogP) is 2.36. The fraction of sp³-hybridized carbons (Fsp3) is 0.929. The van der Waals surface area contributed by atoms with Gasteiger partial charge in [0.2, 0.25) is 0 Å². The van der Waals surface area contributed by atoms with Crippen LogP contribution in [0.5, 0.6) is 0 Å². The summed E-state index contributed by atoms with van der Waals surface area (Å²) in [5.74, 6) is 0.483. The Bertz CT molecular complexity index is 202. The third-order valence-corrected chi connectivity index (χ3v) is 2.84. The van der Waals surface area contributed by atoms with Crippen LogP contribution in [0.15, 0.2) is 0 Å². The number of carbonyl (C=O) groups is 1. The number of Topliss-reactive ketones (excluding diaryl/α,β-unsaturated/α-hetero) is 1. The van der Waals surface area contributed by atoms with Crippen LogP contribution in [0, 0.1) is 5.92 Å². The van der Waals surface area contributed by atoms with Gasteiger partial charge >= 0.3 is 0 Å². The number of rotatable bonds is 10. The van der Waals surface area contributed by atoms with Gasteiger partial charge in [0.1, 0.15) is 0 Å². The summed E-state index contributed by atoms with van der Waals surface area (Å²) in [4.78, 5) is 11.9. The molecule has 0 aromatic carbocycles. The van der Waals surface area contributed by atoms with Gasteiger partial charge in [0.05, 0.1) is 6.04 Å². The highest BCUT2D eigenvalue weighted by molar-refractivity contribution is 5.85. The van der Waals surface area contributed by atoms with E-state index in [2.05, 4.69) is 31.4 Å². The van der Waals surface area contributed by atoms with E-state index in [0.29, 0.717) is 11.8 Å². The molecule has 0 rings (SSSR count). The van der Waals surface area contributed by atoms with Gasteiger partial charge in [0.15, 0.2) is 5.78 Å². The van der Waals surface area contributed by atoms with Crippen molar-refractivity contribution in [3.8, 4) is 0 Å². The van der Waals surface area contributed by atoms with Crippen LogP contribution in [0.4, 0.5) is 0 Å². The number of nitrogens with one attached hydrogen (secondary N) is 2. The van der Waals surface area contributed by atoms with Crippen LogP contribution in [0.3, 0.4) is 0 Å². The molecule has 0 radical (unpaired) electrons. The Morgan fingerprint density at radius 1 is 1.06 bits per heavy atom. The van der Waals surface area contributed by atoms with Gasteiger partial charge < -0.3 is 10.6 Å². The van der Waals surface area contributed by atoms with E-state index in [1.807, 2.05) is 13.8 Å². The lowest BCUT2D eigenvalue weighted by Gasteiger charge is -2.18. The number of unbranched alkanes of at least 4 members (excludes halogenated alkanes) is 1. The Morgan fingerprint density at radius 2 is 1.71 bits per heavy atom. The van der Waals surface area contributed by atoms with E-state index in [4.69, 9.17) is 0 Å². The van der Waals surface area contributed by atoms with E-state index in [0.717, 1.165) is 32.4 Å². The van der Waals surface area contributed by atoms with Gasteiger partial charge in [-0.3, -0.25) is 4.79 Å². The van der Waals surface area contributed by atoms with Gasteiger partial charge in [-0.15, -0.1) is 0 Å². The molecule has 0 fully saturated rings. The molecule has 2 N–H and O–H groups in total. The summed E-state index contributed by atoms with van der Waals surface area (Å²) in [6, 6.07) is 0.607. The van der Waals surface area contributed by atoms with Gasteiger partial charge in [-0.05, 0) is 25.9 Å². The summed E-state index contributed by atoms with van der Waals surface area (Å²) in [6.07, 6.45) is 3.21. The monoisotopic (exact) mass is 242 g/mol. The molecule has 0 aromatic heterocycles. The van der Waals surface area contributed by atoms with Crippen molar-refractivity contribution in [2.24, 2.45) is 5.92 Å². The molecule has 0 saturated heterocycles. The van der Waals surface area contributed by atoms with Crippen LogP contribution >= 0.6 is 0 Å². The summed E-state index contributed by atoms with van der Waals surface area (Å²) in [7, 11) is 0. The second-order valence-corrected chi connectivity index (χ2v) is 5.27. The molecule has 1 atom stereocenters. The number of carbonyl (C=O) groups excluding carboxylic acids is 1. The Labute approximate surface area is 107 Å². The van der Waals surface area contributed by atoms with Crippen molar-refractivity contribution in [2.75, 3.05) is 13.1 Å². The van der Waals surface area contributed by atoms with Crippen LogP contribution < -0.4 is 10.6 Å². The number of likely N-dealkylation sites (N-methyl/N-ethyl adjacent to an activating group) is 1. The number of ketones is 1. The summed E-state index contributed by atoms with van der Waals surface area (Å²) >= 11 is 0. The van der Waals surface area contributed by atoms with Crippen molar-refractivity contribution in [3.63, 3.8) is 0 Å². The van der Waals surface area contributed by atoms with E-state index in [9.17, 15) is 4.79 Å². The largest absolute Gasteiger partial charge is 0.315 e. The first-order chi connectivity index (χ1) is 7.99. The van der Waals surface area contributed by atoms with Crippen LogP contribution in [0.2, 0.25) is 0 Å². The normalized spacial score (nSPS) is 13.4. The maximum Gasteiger partial charge on any atom is 0.152 e. The molecule has 102 valence electrons. The van der Waals surface area contributed by atoms with Gasteiger partial charge in [0, 0.05) is 12.0 Å². The van der Waals surface area contributed by atoms with E-state index in [1.165, 1.54) is 0 Å². The lowest BCUT2D eigenvalue weighted by atomic mass is 9.97. The molecule has 1 unspecified atom stereocenters. The maximum atomic E-state index is 11.9. The SMILES string of the molecule is CCNC(CCCCNC(C)C)C(=O)C(C)C. The maximum absolute atomic E-state index is 11.9. The molecule has 0 aliphatic heterocycles. The van der Waals surface area contributed by atoms with Crippen molar-refractivity contribution in [1.29, 1.82) is 0 Å². The van der Waals surface area contributed by atoms with E-state index < -0.39 is 0 Å². The topological polar surface area (TPSA) is 41.1 Å². The summed E-state index contributed by atoms with van der Waals surface area (Å²) < 4.78 is 0. The Hall–Kier alpha value is -0.410. The van der Waals surface area contributed by atoms with Crippen molar-refractivity contribution >= 4 is 5.78 Å². The molecule has 0 spiro atoms. The molecule has 0 saturated carbocycles. The fourth-order valence-corrected chi connectivity index (χ4v) is 1.86. The van der Waals surface area contributed by atoms with Gasteiger partial charge in [-0.25, -0.2) is 0 Å². The second-order valence-electron chi connectivity index (χ2n) is 5.27. The number of hydrogen-bond acceptors (Lipinski definition) is 3. The molecule has 17 heavy (non-hydrogen) atoms. The zero-order chi connectivity index (χ0) is 13.3. The molecular weight excluding hydrogens is 212 g/mol. The van der Waals surface area contributed by atoms with Crippen molar-refractivity contribution in [2.45, 2.75) is 66.0 Å². The molecule has 0 aliphatic rings. The van der Waals surface area contributed by atoms with E-state index in [1.54, 1.807) is 0 Å². The Morgan fingerprint density at radius 3 is 2.18 bits per heavy atom. The molecular formula is C14H30N2O. The zero-order valence-electron chi connectivity index (χ0n) is 12.2. The number of hydrogen-bond donors (Lipinski definition) is 2. The predicted molar refractivity (Wildman–Crippen MR) is 74.3 cm³/mol. The van der Waals surface area contributed by atoms with E-state index >= 15 is 0 Å². The van der Waals surface area contributed by atoms with Crippen molar-refractivity contribution < 1.29 is 4.79 Å². The molecule has 0 amide bonds. The van der Waals surface area contributed by atoms with Crippen LogP contribution in [-0.4, -0.2) is 31.0 Å². The zero-order valence-corrected chi connectivity index (χ0v) is 12.2. The molecule has 0 heterocycles. The highest BCUT2D eigenvalue weighted by Gasteiger charge is 2.19. The van der Waals surface area contributed by atoms with Crippen molar-refractivity contribution in [3.05, 3.63) is 0 Å². The molecule has 0 bridgehead atoms. The minimum atomic E-state index is 0.0547. The summed E-state index contributed by atoms with van der Waals surface area (Å²) in [6.45, 7) is 12.2. The molecule has 0 aliphatic carbocycles.